The lowest BCUT2D eigenvalue weighted by molar-refractivity contribution is -0.119. The molecule has 1 heterocycles. The zero-order valence-electron chi connectivity index (χ0n) is 8.82. The first-order valence-corrected chi connectivity index (χ1v) is 5.32. The number of carbonyl (C=O) groups excluding carboxylic acids is 1. The summed E-state index contributed by atoms with van der Waals surface area (Å²) in [5, 5.41) is 3.14. The minimum atomic E-state index is -0.834. The highest BCUT2D eigenvalue weighted by Crippen LogP contribution is 2.37. The summed E-state index contributed by atoms with van der Waals surface area (Å²) in [6.45, 7) is 2.10. The van der Waals surface area contributed by atoms with Gasteiger partial charge < -0.3 is 10.1 Å². The molecule has 0 fully saturated rings. The third-order valence-corrected chi connectivity index (χ3v) is 2.62. The number of anilines is 1. The van der Waals surface area contributed by atoms with Crippen LogP contribution in [0.25, 0.3) is 0 Å². The molecule has 0 bridgehead atoms. The standard InChI is InChI=1S/C12H15NO2/c1-2-3-8-12(9-14)13-10-6-4-5-7-11(10)15-12/h4-7,9,13H,2-3,8H2,1H3. The van der Waals surface area contributed by atoms with Crippen LogP contribution in [0.4, 0.5) is 5.69 Å². The fraction of sp³-hybridized carbons (Fsp3) is 0.417. The number of para-hydroxylation sites is 2. The van der Waals surface area contributed by atoms with Gasteiger partial charge in [-0.2, -0.15) is 0 Å². The highest BCUT2D eigenvalue weighted by atomic mass is 16.5. The number of unbranched alkanes of at least 4 members (excludes halogenated alkanes) is 1. The second-order valence-electron chi connectivity index (χ2n) is 3.83. The fourth-order valence-corrected chi connectivity index (χ4v) is 1.77. The molecule has 0 amide bonds. The minimum absolute atomic E-state index is 0.710. The van der Waals surface area contributed by atoms with Crippen molar-refractivity contribution in [2.75, 3.05) is 5.32 Å². The van der Waals surface area contributed by atoms with Crippen molar-refractivity contribution in [2.45, 2.75) is 31.9 Å². The number of hydrogen-bond acceptors (Lipinski definition) is 3. The topological polar surface area (TPSA) is 38.3 Å². The number of nitrogens with one attached hydrogen (secondary N) is 1. The predicted molar refractivity (Wildman–Crippen MR) is 59.0 cm³/mol. The summed E-state index contributed by atoms with van der Waals surface area (Å²) in [4.78, 5) is 11.1. The fourth-order valence-electron chi connectivity index (χ4n) is 1.77. The highest BCUT2D eigenvalue weighted by Gasteiger charge is 2.37. The molecule has 0 saturated heterocycles. The van der Waals surface area contributed by atoms with E-state index in [0.29, 0.717) is 6.42 Å². The molecule has 2 rings (SSSR count). The number of fused-ring (bicyclic) bond motifs is 1. The molecule has 0 aromatic heterocycles. The Morgan fingerprint density at radius 2 is 2.27 bits per heavy atom. The van der Waals surface area contributed by atoms with Crippen LogP contribution >= 0.6 is 0 Å². The number of benzene rings is 1. The van der Waals surface area contributed by atoms with Gasteiger partial charge in [0.05, 0.1) is 5.69 Å². The van der Waals surface area contributed by atoms with E-state index >= 15 is 0 Å². The van der Waals surface area contributed by atoms with Gasteiger partial charge in [-0.25, -0.2) is 0 Å². The van der Waals surface area contributed by atoms with Crippen molar-refractivity contribution in [1.82, 2.24) is 0 Å². The number of carbonyl (C=O) groups is 1. The first-order valence-electron chi connectivity index (χ1n) is 5.32. The Kier molecular flexibility index (Phi) is 2.62. The van der Waals surface area contributed by atoms with Gasteiger partial charge >= 0.3 is 0 Å². The normalized spacial score (nSPS) is 22.7. The zero-order valence-corrected chi connectivity index (χ0v) is 8.82. The molecule has 1 aliphatic heterocycles. The average molecular weight is 205 g/mol. The van der Waals surface area contributed by atoms with Gasteiger partial charge in [0, 0.05) is 6.42 Å². The van der Waals surface area contributed by atoms with Crippen LogP contribution < -0.4 is 10.1 Å². The quantitative estimate of drug-likeness (QED) is 0.768. The van der Waals surface area contributed by atoms with Crippen LogP contribution in [0.3, 0.4) is 0 Å². The van der Waals surface area contributed by atoms with Crippen LogP contribution in [0.2, 0.25) is 0 Å². The summed E-state index contributed by atoms with van der Waals surface area (Å²) in [5.74, 6) is 0.765. The van der Waals surface area contributed by atoms with Gasteiger partial charge in [0.2, 0.25) is 5.72 Å². The molecule has 1 aliphatic rings. The van der Waals surface area contributed by atoms with Gasteiger partial charge in [-0.15, -0.1) is 0 Å². The molecule has 1 aromatic carbocycles. The van der Waals surface area contributed by atoms with E-state index in [4.69, 9.17) is 4.74 Å². The summed E-state index contributed by atoms with van der Waals surface area (Å²) in [5.41, 5.74) is 0.0698. The van der Waals surface area contributed by atoms with E-state index < -0.39 is 5.72 Å². The second-order valence-corrected chi connectivity index (χ2v) is 3.83. The lowest BCUT2D eigenvalue weighted by Gasteiger charge is -2.22. The molecule has 3 nitrogen and oxygen atoms in total. The summed E-state index contributed by atoms with van der Waals surface area (Å²) >= 11 is 0. The minimum Gasteiger partial charge on any atom is -0.459 e. The first-order chi connectivity index (χ1) is 7.29. The van der Waals surface area contributed by atoms with Crippen molar-refractivity contribution in [3.63, 3.8) is 0 Å². The van der Waals surface area contributed by atoms with Gasteiger partial charge in [-0.05, 0) is 18.6 Å². The Morgan fingerprint density at radius 1 is 1.47 bits per heavy atom. The van der Waals surface area contributed by atoms with Crippen LogP contribution in [0.1, 0.15) is 26.2 Å². The Hall–Kier alpha value is -1.51. The molecule has 0 spiro atoms. The molecular weight excluding hydrogens is 190 g/mol. The van der Waals surface area contributed by atoms with E-state index in [2.05, 4.69) is 12.2 Å². The number of aldehydes is 1. The maximum Gasteiger partial charge on any atom is 0.237 e. The number of hydrogen-bond donors (Lipinski definition) is 1. The van der Waals surface area contributed by atoms with Crippen molar-refractivity contribution in [1.29, 1.82) is 0 Å². The van der Waals surface area contributed by atoms with Crippen LogP contribution in [-0.2, 0) is 4.79 Å². The lowest BCUT2D eigenvalue weighted by atomic mass is 10.1. The van der Waals surface area contributed by atoms with Gasteiger partial charge in [-0.3, -0.25) is 4.79 Å². The van der Waals surface area contributed by atoms with Crippen molar-refractivity contribution < 1.29 is 9.53 Å². The number of rotatable bonds is 4. The highest BCUT2D eigenvalue weighted by molar-refractivity contribution is 5.75. The van der Waals surface area contributed by atoms with Crippen molar-refractivity contribution in [3.05, 3.63) is 24.3 Å². The van der Waals surface area contributed by atoms with Crippen molar-refractivity contribution in [2.24, 2.45) is 0 Å². The average Bonchev–Trinajstić information content (AvgIpc) is 2.65. The van der Waals surface area contributed by atoms with Gasteiger partial charge in [0.1, 0.15) is 5.75 Å². The summed E-state index contributed by atoms with van der Waals surface area (Å²) in [7, 11) is 0. The summed E-state index contributed by atoms with van der Waals surface area (Å²) in [6, 6.07) is 7.63. The van der Waals surface area contributed by atoms with E-state index in [0.717, 1.165) is 30.6 Å². The molecule has 1 unspecified atom stereocenters. The first kappa shape index (κ1) is 10.0. The van der Waals surface area contributed by atoms with Crippen LogP contribution in [0.15, 0.2) is 24.3 Å². The van der Waals surface area contributed by atoms with E-state index in [1.807, 2.05) is 24.3 Å². The Balaban J connectivity index is 2.17. The second kappa shape index (κ2) is 3.93. The van der Waals surface area contributed by atoms with Gasteiger partial charge in [0.15, 0.2) is 6.29 Å². The molecule has 0 saturated carbocycles. The molecule has 15 heavy (non-hydrogen) atoms. The Labute approximate surface area is 89.4 Å². The van der Waals surface area contributed by atoms with E-state index in [-0.39, 0.29) is 0 Å². The van der Waals surface area contributed by atoms with Crippen molar-refractivity contribution in [3.8, 4) is 5.75 Å². The number of ether oxygens (including phenoxy) is 1. The maximum atomic E-state index is 11.1. The van der Waals surface area contributed by atoms with Crippen LogP contribution in [-0.4, -0.2) is 12.0 Å². The van der Waals surface area contributed by atoms with E-state index in [9.17, 15) is 4.79 Å². The maximum absolute atomic E-state index is 11.1. The SMILES string of the molecule is CCCCC1(C=O)Nc2ccccc2O1. The lowest BCUT2D eigenvalue weighted by Crippen LogP contribution is -2.41. The molecular formula is C12H15NO2. The van der Waals surface area contributed by atoms with Crippen molar-refractivity contribution >= 4 is 12.0 Å². The van der Waals surface area contributed by atoms with Crippen LogP contribution in [0.5, 0.6) is 5.75 Å². The Bertz CT molecular complexity index is 337. The predicted octanol–water partition coefficient (Wildman–Crippen LogP) is 2.58. The molecule has 0 radical (unpaired) electrons. The zero-order chi connectivity index (χ0) is 10.7. The summed E-state index contributed by atoms with van der Waals surface area (Å²) in [6.07, 6.45) is 3.60. The molecule has 1 aromatic rings. The molecule has 80 valence electrons. The van der Waals surface area contributed by atoms with Gasteiger partial charge in [0.25, 0.3) is 0 Å². The molecule has 1 atom stereocenters. The van der Waals surface area contributed by atoms with E-state index in [1.165, 1.54) is 0 Å². The third kappa shape index (κ3) is 1.82. The smallest absolute Gasteiger partial charge is 0.237 e. The van der Waals surface area contributed by atoms with E-state index in [1.54, 1.807) is 0 Å². The third-order valence-electron chi connectivity index (χ3n) is 2.62. The Morgan fingerprint density at radius 3 is 2.93 bits per heavy atom. The summed E-state index contributed by atoms with van der Waals surface area (Å²) < 4.78 is 5.67. The van der Waals surface area contributed by atoms with Crippen LogP contribution in [0, 0.1) is 0 Å². The molecule has 1 N–H and O–H groups in total. The molecule has 0 aliphatic carbocycles. The monoisotopic (exact) mass is 205 g/mol. The molecule has 3 heteroatoms. The largest absolute Gasteiger partial charge is 0.459 e. The van der Waals surface area contributed by atoms with Gasteiger partial charge in [-0.1, -0.05) is 25.5 Å².